The number of alkyl halides is 2. The number of amides is 1. The topological polar surface area (TPSA) is 38.8 Å². The number of hydrogen-bond acceptors (Lipinski definition) is 3. The van der Waals surface area contributed by atoms with Gasteiger partial charge >= 0.3 is 6.61 Å². The zero-order chi connectivity index (χ0) is 15.2. The van der Waals surface area contributed by atoms with Gasteiger partial charge in [0, 0.05) is 26.6 Å². The van der Waals surface area contributed by atoms with Crippen molar-refractivity contribution in [3.8, 4) is 5.75 Å². The lowest BCUT2D eigenvalue weighted by Gasteiger charge is -2.16. The Hall–Kier alpha value is -1.69. The molecule has 0 aromatic heterocycles. The smallest absolute Gasteiger partial charge is 0.387 e. The molecule has 0 spiro atoms. The Morgan fingerprint density at radius 1 is 1.33 bits per heavy atom. The van der Waals surface area contributed by atoms with E-state index in [1.807, 2.05) is 4.90 Å². The third-order valence-electron chi connectivity index (χ3n) is 3.53. The summed E-state index contributed by atoms with van der Waals surface area (Å²) in [6.07, 6.45) is 1.28. The van der Waals surface area contributed by atoms with Gasteiger partial charge in [-0.1, -0.05) is 12.1 Å². The molecule has 21 heavy (non-hydrogen) atoms. The maximum Gasteiger partial charge on any atom is 0.387 e. The summed E-state index contributed by atoms with van der Waals surface area (Å²) < 4.78 is 33.4. The quantitative estimate of drug-likeness (QED) is 0.775. The van der Waals surface area contributed by atoms with Crippen molar-refractivity contribution in [3.63, 3.8) is 0 Å². The maximum absolute atomic E-state index is 12.1. The van der Waals surface area contributed by atoms with E-state index >= 15 is 0 Å². The lowest BCUT2D eigenvalue weighted by molar-refractivity contribution is -0.128. The number of carbonyl (C=O) groups is 1. The summed E-state index contributed by atoms with van der Waals surface area (Å²) in [5.41, 5.74) is 1.02. The van der Waals surface area contributed by atoms with E-state index in [1.54, 1.807) is 19.2 Å². The van der Waals surface area contributed by atoms with Gasteiger partial charge in [0.15, 0.2) is 0 Å². The van der Waals surface area contributed by atoms with Crippen LogP contribution in [0.5, 0.6) is 5.75 Å². The first-order chi connectivity index (χ1) is 10.1. The van der Waals surface area contributed by atoms with Crippen molar-refractivity contribution in [1.29, 1.82) is 0 Å². The number of methoxy groups -OCH3 is 1. The first-order valence-corrected chi connectivity index (χ1v) is 6.89. The van der Waals surface area contributed by atoms with E-state index < -0.39 is 6.61 Å². The Morgan fingerprint density at radius 2 is 2.05 bits per heavy atom. The molecule has 1 aliphatic heterocycles. The minimum absolute atomic E-state index is 0.148. The summed E-state index contributed by atoms with van der Waals surface area (Å²) in [5.74, 6) is 0.559. The second-order valence-corrected chi connectivity index (χ2v) is 5.13. The van der Waals surface area contributed by atoms with Crippen molar-refractivity contribution < 1.29 is 23.0 Å². The predicted molar refractivity (Wildman–Crippen MR) is 73.3 cm³/mol. The van der Waals surface area contributed by atoms with Crippen LogP contribution in [0.25, 0.3) is 0 Å². The van der Waals surface area contributed by atoms with Crippen LogP contribution in [-0.4, -0.2) is 44.2 Å². The molecule has 1 atom stereocenters. The average Bonchev–Trinajstić information content (AvgIpc) is 2.78. The number of ether oxygens (including phenoxy) is 2. The largest absolute Gasteiger partial charge is 0.435 e. The van der Waals surface area contributed by atoms with Gasteiger partial charge in [0.25, 0.3) is 0 Å². The van der Waals surface area contributed by atoms with E-state index in [0.717, 1.165) is 18.5 Å². The molecular weight excluding hydrogens is 280 g/mol. The molecule has 0 unspecified atom stereocenters. The van der Waals surface area contributed by atoms with Crippen molar-refractivity contribution in [3.05, 3.63) is 29.8 Å². The number of hydrogen-bond donors (Lipinski definition) is 0. The lowest BCUT2D eigenvalue weighted by atomic mass is 9.98. The number of nitrogens with zero attached hydrogens (tertiary/aromatic N) is 1. The molecule has 6 heteroatoms. The minimum atomic E-state index is -2.81. The van der Waals surface area contributed by atoms with Gasteiger partial charge in [0.1, 0.15) is 5.75 Å². The second kappa shape index (κ2) is 7.36. The van der Waals surface area contributed by atoms with Gasteiger partial charge in [-0.15, -0.1) is 0 Å². The molecule has 0 aliphatic carbocycles. The van der Waals surface area contributed by atoms with Crippen molar-refractivity contribution in [1.82, 2.24) is 4.90 Å². The number of benzene rings is 1. The molecule has 0 bridgehead atoms. The zero-order valence-corrected chi connectivity index (χ0v) is 11.9. The molecule has 1 aliphatic rings. The summed E-state index contributed by atoms with van der Waals surface area (Å²) in [6, 6.07) is 6.59. The molecule has 4 nitrogen and oxygen atoms in total. The van der Waals surface area contributed by atoms with Gasteiger partial charge in [0.05, 0.1) is 6.61 Å². The van der Waals surface area contributed by atoms with Crippen LogP contribution in [0.1, 0.15) is 12.0 Å². The predicted octanol–water partition coefficient (Wildman–Crippen LogP) is 2.33. The minimum Gasteiger partial charge on any atom is -0.435 e. The fourth-order valence-electron chi connectivity index (χ4n) is 2.55. The van der Waals surface area contributed by atoms with Crippen molar-refractivity contribution in [2.45, 2.75) is 19.5 Å². The zero-order valence-electron chi connectivity index (χ0n) is 11.9. The second-order valence-electron chi connectivity index (χ2n) is 5.13. The highest BCUT2D eigenvalue weighted by Gasteiger charge is 2.29. The summed E-state index contributed by atoms with van der Waals surface area (Å²) in [4.78, 5) is 13.6. The summed E-state index contributed by atoms with van der Waals surface area (Å²) in [7, 11) is 1.61. The maximum atomic E-state index is 12.1. The molecule has 1 aromatic rings. The first kappa shape index (κ1) is 15.7. The highest BCUT2D eigenvalue weighted by Crippen LogP contribution is 2.23. The summed E-state index contributed by atoms with van der Waals surface area (Å²) in [6.45, 7) is -0.930. The van der Waals surface area contributed by atoms with E-state index in [-0.39, 0.29) is 17.6 Å². The number of likely N-dealkylation sites (tertiary alicyclic amines) is 1. The molecule has 1 saturated heterocycles. The van der Waals surface area contributed by atoms with Gasteiger partial charge < -0.3 is 14.4 Å². The number of carbonyl (C=O) groups excluding carboxylic acids is 1. The Morgan fingerprint density at radius 3 is 2.67 bits per heavy atom. The summed E-state index contributed by atoms with van der Waals surface area (Å²) >= 11 is 0. The van der Waals surface area contributed by atoms with Crippen LogP contribution in [0, 0.1) is 5.92 Å². The van der Waals surface area contributed by atoms with E-state index in [9.17, 15) is 13.6 Å². The standard InChI is InChI=1S/C15H19F2NO3/c1-20-7-6-18-10-12(9-14(18)19)8-11-2-4-13(5-3-11)21-15(16)17/h2-5,12,15H,6-10H2,1H3/t12-/m0/s1. The fraction of sp³-hybridized carbons (Fsp3) is 0.533. The van der Waals surface area contributed by atoms with Gasteiger partial charge in [-0.3, -0.25) is 4.79 Å². The molecule has 2 rings (SSSR count). The summed E-state index contributed by atoms with van der Waals surface area (Å²) in [5, 5.41) is 0. The molecule has 1 amide bonds. The van der Waals surface area contributed by atoms with Crippen molar-refractivity contribution in [2.24, 2.45) is 5.92 Å². The Bertz CT molecular complexity index is 464. The normalized spacial score (nSPS) is 18.6. The molecule has 1 aromatic carbocycles. The highest BCUT2D eigenvalue weighted by atomic mass is 19.3. The molecule has 0 N–H and O–H groups in total. The number of halogens is 2. The first-order valence-electron chi connectivity index (χ1n) is 6.89. The molecule has 0 saturated carbocycles. The third kappa shape index (κ3) is 4.67. The van der Waals surface area contributed by atoms with E-state index in [0.29, 0.717) is 19.6 Å². The van der Waals surface area contributed by atoms with Crippen LogP contribution in [-0.2, 0) is 16.0 Å². The SMILES string of the molecule is COCCN1C[C@@H](Cc2ccc(OC(F)F)cc2)CC1=O. The van der Waals surface area contributed by atoms with Crippen molar-refractivity contribution >= 4 is 5.91 Å². The van der Waals surface area contributed by atoms with Gasteiger partial charge in [-0.05, 0) is 30.0 Å². The lowest BCUT2D eigenvalue weighted by Crippen LogP contribution is -2.28. The van der Waals surface area contributed by atoms with E-state index in [2.05, 4.69) is 4.74 Å². The van der Waals surface area contributed by atoms with Crippen LogP contribution in [0.15, 0.2) is 24.3 Å². The van der Waals surface area contributed by atoms with Crippen LogP contribution < -0.4 is 4.74 Å². The monoisotopic (exact) mass is 299 g/mol. The van der Waals surface area contributed by atoms with Crippen LogP contribution in [0.2, 0.25) is 0 Å². The number of rotatable bonds is 7. The Kier molecular flexibility index (Phi) is 5.50. The van der Waals surface area contributed by atoms with E-state index in [4.69, 9.17) is 4.74 Å². The molecule has 1 fully saturated rings. The Labute approximate surface area is 122 Å². The molecular formula is C15H19F2NO3. The molecule has 1 heterocycles. The Balaban J connectivity index is 1.86. The van der Waals surface area contributed by atoms with Crippen LogP contribution in [0.3, 0.4) is 0 Å². The molecule has 116 valence electrons. The average molecular weight is 299 g/mol. The molecule has 0 radical (unpaired) electrons. The fourth-order valence-corrected chi connectivity index (χ4v) is 2.55. The highest BCUT2D eigenvalue weighted by molar-refractivity contribution is 5.78. The third-order valence-corrected chi connectivity index (χ3v) is 3.53. The van der Waals surface area contributed by atoms with Gasteiger partial charge in [0.2, 0.25) is 5.91 Å². The van der Waals surface area contributed by atoms with Gasteiger partial charge in [-0.25, -0.2) is 0 Å². The van der Waals surface area contributed by atoms with Crippen LogP contribution in [0.4, 0.5) is 8.78 Å². The van der Waals surface area contributed by atoms with Gasteiger partial charge in [-0.2, -0.15) is 8.78 Å². The van der Waals surface area contributed by atoms with Crippen LogP contribution >= 0.6 is 0 Å². The van der Waals surface area contributed by atoms with E-state index in [1.165, 1.54) is 12.1 Å². The van der Waals surface area contributed by atoms with Crippen molar-refractivity contribution in [2.75, 3.05) is 26.8 Å².